The molecule has 0 aliphatic rings. The van der Waals surface area contributed by atoms with Gasteiger partial charge in [-0.25, -0.2) is 13.2 Å². The van der Waals surface area contributed by atoms with Crippen molar-refractivity contribution in [3.8, 4) is 5.75 Å². The highest BCUT2D eigenvalue weighted by atomic mass is 32.2. The molecule has 0 saturated heterocycles. The van der Waals surface area contributed by atoms with Gasteiger partial charge < -0.3 is 10.8 Å². The number of hydrogen-bond donors (Lipinski definition) is 2. The number of ketones is 1. The number of benzene rings is 2. The summed E-state index contributed by atoms with van der Waals surface area (Å²) >= 11 is 0.530. The molecule has 7 heteroatoms. The van der Waals surface area contributed by atoms with Gasteiger partial charge in [0.05, 0.1) is 4.90 Å². The summed E-state index contributed by atoms with van der Waals surface area (Å²) in [6.07, 6.45) is 0. The summed E-state index contributed by atoms with van der Waals surface area (Å²) < 4.78 is 41.7. The molecule has 0 saturated carbocycles. The Hall–Kier alpha value is -2.15. The molecule has 0 unspecified atom stereocenters. The van der Waals surface area contributed by atoms with Gasteiger partial charge in [0.2, 0.25) is 0 Å². The number of carbonyl (C=O) groups excluding carboxylic acids is 1. The summed E-state index contributed by atoms with van der Waals surface area (Å²) in [5.74, 6) is -6.70. The SMILES string of the molecule is CC(=O)c1c(O)c(F)c(Sc2ccccc2N)c(F)c1F. The van der Waals surface area contributed by atoms with Crippen LogP contribution in [0.25, 0.3) is 0 Å². The molecule has 0 radical (unpaired) electrons. The van der Waals surface area contributed by atoms with E-state index in [1.54, 1.807) is 12.1 Å². The number of para-hydroxylation sites is 1. The summed E-state index contributed by atoms with van der Waals surface area (Å²) in [6.45, 7) is 0.902. The maximum Gasteiger partial charge on any atom is 0.182 e. The average molecular weight is 313 g/mol. The fourth-order valence-electron chi connectivity index (χ4n) is 1.72. The van der Waals surface area contributed by atoms with Crippen LogP contribution in [0.4, 0.5) is 18.9 Å². The number of nitrogens with two attached hydrogens (primary N) is 1. The van der Waals surface area contributed by atoms with Crippen molar-refractivity contribution < 1.29 is 23.1 Å². The van der Waals surface area contributed by atoms with Gasteiger partial charge in [-0.2, -0.15) is 0 Å². The lowest BCUT2D eigenvalue weighted by Gasteiger charge is -2.11. The van der Waals surface area contributed by atoms with Crippen molar-refractivity contribution in [2.75, 3.05) is 5.73 Å². The maximum absolute atomic E-state index is 14.0. The molecule has 0 aliphatic carbocycles. The normalized spacial score (nSPS) is 10.7. The molecule has 110 valence electrons. The number of phenols is 1. The van der Waals surface area contributed by atoms with Crippen LogP contribution in [-0.2, 0) is 0 Å². The third-order valence-corrected chi connectivity index (χ3v) is 3.89. The van der Waals surface area contributed by atoms with E-state index in [4.69, 9.17) is 5.73 Å². The van der Waals surface area contributed by atoms with E-state index >= 15 is 0 Å². The fraction of sp³-hybridized carbons (Fsp3) is 0.0714. The molecule has 0 aromatic heterocycles. The maximum atomic E-state index is 14.0. The van der Waals surface area contributed by atoms with Crippen molar-refractivity contribution in [2.24, 2.45) is 0 Å². The van der Waals surface area contributed by atoms with E-state index in [-0.39, 0.29) is 5.69 Å². The minimum atomic E-state index is -1.58. The highest BCUT2D eigenvalue weighted by molar-refractivity contribution is 7.99. The molecular weight excluding hydrogens is 303 g/mol. The van der Waals surface area contributed by atoms with Crippen LogP contribution < -0.4 is 5.73 Å². The molecule has 3 N–H and O–H groups in total. The first-order valence-electron chi connectivity index (χ1n) is 5.77. The van der Waals surface area contributed by atoms with Crippen LogP contribution in [-0.4, -0.2) is 10.9 Å². The van der Waals surface area contributed by atoms with Gasteiger partial charge in [0.1, 0.15) is 5.56 Å². The van der Waals surface area contributed by atoms with Crippen LogP contribution in [0.3, 0.4) is 0 Å². The number of halogens is 3. The molecule has 2 aromatic carbocycles. The lowest BCUT2D eigenvalue weighted by molar-refractivity contribution is 0.100. The van der Waals surface area contributed by atoms with Gasteiger partial charge in [-0.1, -0.05) is 23.9 Å². The highest BCUT2D eigenvalue weighted by Crippen LogP contribution is 2.40. The summed E-state index contributed by atoms with van der Waals surface area (Å²) in [4.78, 5) is 10.7. The predicted molar refractivity (Wildman–Crippen MR) is 73.0 cm³/mol. The van der Waals surface area contributed by atoms with Crippen molar-refractivity contribution in [1.82, 2.24) is 0 Å². The summed E-state index contributed by atoms with van der Waals surface area (Å²) in [6, 6.07) is 6.22. The van der Waals surface area contributed by atoms with E-state index in [9.17, 15) is 23.1 Å². The molecule has 0 fully saturated rings. The van der Waals surface area contributed by atoms with Crippen LogP contribution in [0.5, 0.6) is 5.75 Å². The number of carbonyl (C=O) groups is 1. The lowest BCUT2D eigenvalue weighted by atomic mass is 10.1. The van der Waals surface area contributed by atoms with Crippen molar-refractivity contribution in [1.29, 1.82) is 0 Å². The van der Waals surface area contributed by atoms with E-state index < -0.39 is 39.4 Å². The zero-order valence-corrected chi connectivity index (χ0v) is 11.6. The Kier molecular flexibility index (Phi) is 4.13. The van der Waals surface area contributed by atoms with Crippen molar-refractivity contribution >= 4 is 23.2 Å². The number of nitrogen functional groups attached to an aromatic ring is 1. The van der Waals surface area contributed by atoms with Crippen LogP contribution in [0, 0.1) is 17.5 Å². The van der Waals surface area contributed by atoms with E-state index in [0.29, 0.717) is 16.7 Å². The molecule has 0 spiro atoms. The second kappa shape index (κ2) is 5.69. The Morgan fingerprint density at radius 3 is 2.33 bits per heavy atom. The van der Waals surface area contributed by atoms with Gasteiger partial charge in [-0.05, 0) is 19.1 Å². The van der Waals surface area contributed by atoms with Gasteiger partial charge in [0.25, 0.3) is 0 Å². The Bertz CT molecular complexity index is 705. The smallest absolute Gasteiger partial charge is 0.182 e. The number of Topliss-reactive ketones (excluding diaryl/α,β-unsaturated/α-hetero) is 1. The number of aromatic hydroxyl groups is 1. The Morgan fingerprint density at radius 2 is 1.76 bits per heavy atom. The zero-order chi connectivity index (χ0) is 15.7. The Labute approximate surface area is 122 Å². The second-order valence-corrected chi connectivity index (χ2v) is 5.24. The van der Waals surface area contributed by atoms with Crippen molar-refractivity contribution in [2.45, 2.75) is 16.7 Å². The van der Waals surface area contributed by atoms with Gasteiger partial charge in [-0.15, -0.1) is 0 Å². The molecule has 0 amide bonds. The first-order chi connectivity index (χ1) is 9.84. The van der Waals surface area contributed by atoms with Gasteiger partial charge in [0, 0.05) is 10.6 Å². The number of rotatable bonds is 3. The minimum absolute atomic E-state index is 0.247. The first-order valence-corrected chi connectivity index (χ1v) is 6.59. The molecule has 0 atom stereocenters. The molecule has 0 heterocycles. The van der Waals surface area contributed by atoms with Gasteiger partial charge >= 0.3 is 0 Å². The average Bonchev–Trinajstić information content (AvgIpc) is 2.43. The van der Waals surface area contributed by atoms with E-state index in [0.717, 1.165) is 6.92 Å². The van der Waals surface area contributed by atoms with Crippen LogP contribution in [0.1, 0.15) is 17.3 Å². The predicted octanol–water partition coefficient (Wildman–Crippen LogP) is 3.75. The van der Waals surface area contributed by atoms with E-state index in [2.05, 4.69) is 0 Å². The number of hydrogen-bond acceptors (Lipinski definition) is 4. The quantitative estimate of drug-likeness (QED) is 0.515. The van der Waals surface area contributed by atoms with Crippen LogP contribution in [0.2, 0.25) is 0 Å². The van der Waals surface area contributed by atoms with Gasteiger partial charge in [-0.3, -0.25) is 4.79 Å². The molecule has 2 aromatic rings. The van der Waals surface area contributed by atoms with Gasteiger partial charge in [0.15, 0.2) is 29.0 Å². The largest absolute Gasteiger partial charge is 0.504 e. The minimum Gasteiger partial charge on any atom is -0.504 e. The lowest BCUT2D eigenvalue weighted by Crippen LogP contribution is -2.05. The Morgan fingerprint density at radius 1 is 1.14 bits per heavy atom. The topological polar surface area (TPSA) is 63.3 Å². The monoisotopic (exact) mass is 313 g/mol. The van der Waals surface area contributed by atoms with Crippen LogP contribution >= 0.6 is 11.8 Å². The molecule has 2 rings (SSSR count). The fourth-order valence-corrected chi connectivity index (χ4v) is 2.64. The van der Waals surface area contributed by atoms with E-state index in [1.807, 2.05) is 0 Å². The molecule has 21 heavy (non-hydrogen) atoms. The highest BCUT2D eigenvalue weighted by Gasteiger charge is 2.27. The van der Waals surface area contributed by atoms with Crippen molar-refractivity contribution in [3.63, 3.8) is 0 Å². The standard InChI is InChI=1S/C14H10F3NO2S/c1-6(19)9-10(15)11(16)14(12(17)13(9)20)21-8-5-3-2-4-7(8)18/h2-5,20H,18H2,1H3. The molecule has 0 aliphatic heterocycles. The second-order valence-electron chi connectivity index (χ2n) is 4.19. The molecule has 3 nitrogen and oxygen atoms in total. The zero-order valence-electron chi connectivity index (χ0n) is 10.8. The summed E-state index contributed by atoms with van der Waals surface area (Å²) in [5, 5.41) is 9.55. The number of phenolic OH excluding ortho intramolecular Hbond substituents is 1. The summed E-state index contributed by atoms with van der Waals surface area (Å²) in [7, 11) is 0. The Balaban J connectivity index is 2.61. The first kappa shape index (κ1) is 15.2. The van der Waals surface area contributed by atoms with Crippen molar-refractivity contribution in [3.05, 3.63) is 47.3 Å². The van der Waals surface area contributed by atoms with Crippen LogP contribution in [0.15, 0.2) is 34.1 Å². The number of anilines is 1. The van der Waals surface area contributed by atoms with E-state index in [1.165, 1.54) is 12.1 Å². The molecular formula is C14H10F3NO2S. The third-order valence-electron chi connectivity index (χ3n) is 2.74. The molecule has 0 bridgehead atoms. The third kappa shape index (κ3) is 2.69. The summed E-state index contributed by atoms with van der Waals surface area (Å²) in [5.41, 5.74) is 4.89.